The minimum Gasteiger partial charge on any atom is -0.508 e. The Morgan fingerprint density at radius 2 is 1.85 bits per heavy atom. The number of carbonyl (C=O) groups excluding carboxylic acids is 1. The quantitative estimate of drug-likeness (QED) is 0.648. The number of anilines is 1. The van der Waals surface area contributed by atoms with Gasteiger partial charge in [-0.25, -0.2) is 4.79 Å². The number of nitrogens with one attached hydrogen (secondary N) is 1. The Bertz CT molecular complexity index is 803. The standard InChI is InChI=1S/C18H20N4O4/c23-17-6-1-3-14(11-17)13-20-7-9-21(10-8-20)18(24)19-15-4-2-5-16(12-15)22(25)26/h1-6,11-12,23H,7-10,13H2,(H,19,24). The zero-order valence-corrected chi connectivity index (χ0v) is 14.2. The molecule has 3 rings (SSSR count). The van der Waals surface area contributed by atoms with Crippen LogP contribution in [0.1, 0.15) is 5.56 Å². The summed E-state index contributed by atoms with van der Waals surface area (Å²) in [6, 6.07) is 12.8. The molecule has 26 heavy (non-hydrogen) atoms. The van der Waals surface area contributed by atoms with E-state index in [1.807, 2.05) is 12.1 Å². The maximum absolute atomic E-state index is 12.4. The largest absolute Gasteiger partial charge is 0.508 e. The summed E-state index contributed by atoms with van der Waals surface area (Å²) in [5.41, 5.74) is 1.38. The van der Waals surface area contributed by atoms with Crippen molar-refractivity contribution in [2.24, 2.45) is 0 Å². The summed E-state index contributed by atoms with van der Waals surface area (Å²) in [6.45, 7) is 3.30. The van der Waals surface area contributed by atoms with Crippen molar-refractivity contribution in [1.29, 1.82) is 0 Å². The Kier molecular flexibility index (Phi) is 5.33. The highest BCUT2D eigenvalue weighted by Gasteiger charge is 2.21. The topological polar surface area (TPSA) is 98.9 Å². The molecule has 1 heterocycles. The van der Waals surface area contributed by atoms with Crippen molar-refractivity contribution in [2.45, 2.75) is 6.54 Å². The minimum absolute atomic E-state index is 0.0567. The van der Waals surface area contributed by atoms with E-state index in [0.717, 1.165) is 25.2 Å². The normalized spacial score (nSPS) is 14.8. The summed E-state index contributed by atoms with van der Waals surface area (Å²) in [7, 11) is 0. The van der Waals surface area contributed by atoms with Crippen molar-refractivity contribution in [3.05, 3.63) is 64.2 Å². The van der Waals surface area contributed by atoms with Crippen molar-refractivity contribution < 1.29 is 14.8 Å². The van der Waals surface area contributed by atoms with E-state index in [9.17, 15) is 20.0 Å². The van der Waals surface area contributed by atoms with Gasteiger partial charge in [-0.05, 0) is 23.8 Å². The maximum atomic E-state index is 12.4. The van der Waals surface area contributed by atoms with Gasteiger partial charge < -0.3 is 15.3 Å². The first-order valence-corrected chi connectivity index (χ1v) is 8.32. The number of aromatic hydroxyl groups is 1. The van der Waals surface area contributed by atoms with E-state index in [1.165, 1.54) is 12.1 Å². The number of nitrogens with zero attached hydrogens (tertiary/aromatic N) is 3. The van der Waals surface area contributed by atoms with Crippen molar-refractivity contribution in [2.75, 3.05) is 31.5 Å². The Morgan fingerprint density at radius 1 is 1.12 bits per heavy atom. The molecule has 8 heteroatoms. The van der Waals surface area contributed by atoms with Crippen molar-refractivity contribution in [3.63, 3.8) is 0 Å². The molecule has 2 aromatic rings. The molecule has 0 unspecified atom stereocenters. The highest BCUT2D eigenvalue weighted by atomic mass is 16.6. The first kappa shape index (κ1) is 17.7. The summed E-state index contributed by atoms with van der Waals surface area (Å²) in [5, 5.41) is 23.0. The van der Waals surface area contributed by atoms with Crippen LogP contribution in [0, 0.1) is 10.1 Å². The van der Waals surface area contributed by atoms with Gasteiger partial charge in [-0.2, -0.15) is 0 Å². The predicted molar refractivity (Wildman–Crippen MR) is 97.1 cm³/mol. The third-order valence-electron chi connectivity index (χ3n) is 4.28. The second-order valence-corrected chi connectivity index (χ2v) is 6.17. The predicted octanol–water partition coefficient (Wildman–Crippen LogP) is 2.65. The van der Waals surface area contributed by atoms with E-state index in [1.54, 1.807) is 29.2 Å². The Labute approximate surface area is 150 Å². The summed E-state index contributed by atoms with van der Waals surface area (Å²) < 4.78 is 0. The third kappa shape index (κ3) is 4.48. The van der Waals surface area contributed by atoms with E-state index in [0.29, 0.717) is 18.8 Å². The van der Waals surface area contributed by atoms with Gasteiger partial charge in [0.2, 0.25) is 0 Å². The minimum atomic E-state index is -0.490. The summed E-state index contributed by atoms with van der Waals surface area (Å²) in [4.78, 5) is 26.6. The molecule has 1 saturated heterocycles. The molecule has 1 aliphatic rings. The molecule has 1 fully saturated rings. The third-order valence-corrected chi connectivity index (χ3v) is 4.28. The number of urea groups is 1. The molecule has 0 aromatic heterocycles. The van der Waals surface area contributed by atoms with Crippen LogP contribution in [0.5, 0.6) is 5.75 Å². The first-order valence-electron chi connectivity index (χ1n) is 8.32. The molecule has 0 saturated carbocycles. The first-order chi connectivity index (χ1) is 12.5. The molecule has 0 bridgehead atoms. The van der Waals surface area contributed by atoms with Gasteiger partial charge in [-0.1, -0.05) is 18.2 Å². The van der Waals surface area contributed by atoms with E-state index in [2.05, 4.69) is 10.2 Å². The molecule has 2 N–H and O–H groups in total. The van der Waals surface area contributed by atoms with Gasteiger partial charge in [0.05, 0.1) is 4.92 Å². The summed E-state index contributed by atoms with van der Waals surface area (Å²) in [6.07, 6.45) is 0. The Balaban J connectivity index is 1.52. The van der Waals surface area contributed by atoms with Gasteiger partial charge in [0.25, 0.3) is 5.69 Å². The van der Waals surface area contributed by atoms with Gasteiger partial charge in [-0.15, -0.1) is 0 Å². The highest BCUT2D eigenvalue weighted by Crippen LogP contribution is 2.18. The van der Waals surface area contributed by atoms with Crippen molar-refractivity contribution in [1.82, 2.24) is 9.80 Å². The smallest absolute Gasteiger partial charge is 0.321 e. The van der Waals surface area contributed by atoms with Gasteiger partial charge in [0.1, 0.15) is 5.75 Å². The monoisotopic (exact) mass is 356 g/mol. The molecule has 1 aliphatic heterocycles. The van der Waals surface area contributed by atoms with Crippen LogP contribution < -0.4 is 5.32 Å². The van der Waals surface area contributed by atoms with E-state index in [4.69, 9.17) is 0 Å². The lowest BCUT2D eigenvalue weighted by Crippen LogP contribution is -2.49. The summed E-state index contributed by atoms with van der Waals surface area (Å²) >= 11 is 0. The number of phenolic OH excluding ortho intramolecular Hbond substituents is 1. The van der Waals surface area contributed by atoms with Crippen LogP contribution in [0.15, 0.2) is 48.5 Å². The molecular formula is C18H20N4O4. The van der Waals surface area contributed by atoms with E-state index < -0.39 is 4.92 Å². The molecule has 0 atom stereocenters. The van der Waals surface area contributed by atoms with Crippen LogP contribution in [-0.4, -0.2) is 52.0 Å². The number of rotatable bonds is 4. The molecule has 0 aliphatic carbocycles. The SMILES string of the molecule is O=C(Nc1cccc([N+](=O)[O-])c1)N1CCN(Cc2cccc(O)c2)CC1. The summed E-state index contributed by atoms with van der Waals surface area (Å²) in [5.74, 6) is 0.248. The number of nitro groups is 1. The lowest BCUT2D eigenvalue weighted by molar-refractivity contribution is -0.384. The number of benzene rings is 2. The van der Waals surface area contributed by atoms with Crippen LogP contribution >= 0.6 is 0 Å². The fraction of sp³-hybridized carbons (Fsp3) is 0.278. The van der Waals surface area contributed by atoms with Crippen LogP contribution in [0.3, 0.4) is 0 Å². The van der Waals surface area contributed by atoms with Crippen LogP contribution in [0.25, 0.3) is 0 Å². The number of hydrogen-bond donors (Lipinski definition) is 2. The van der Waals surface area contributed by atoms with Crippen molar-refractivity contribution >= 4 is 17.4 Å². The van der Waals surface area contributed by atoms with Crippen LogP contribution in [0.4, 0.5) is 16.2 Å². The number of piperazine rings is 1. The fourth-order valence-electron chi connectivity index (χ4n) is 2.92. The van der Waals surface area contributed by atoms with Gasteiger partial charge in [0.15, 0.2) is 0 Å². The molecule has 0 spiro atoms. The molecule has 2 aromatic carbocycles. The molecule has 136 valence electrons. The van der Waals surface area contributed by atoms with E-state index >= 15 is 0 Å². The van der Waals surface area contributed by atoms with Gasteiger partial charge >= 0.3 is 6.03 Å². The second kappa shape index (κ2) is 7.83. The zero-order chi connectivity index (χ0) is 18.5. The second-order valence-electron chi connectivity index (χ2n) is 6.17. The van der Waals surface area contributed by atoms with Crippen LogP contribution in [-0.2, 0) is 6.54 Å². The Hall–Kier alpha value is -3.13. The number of phenols is 1. The highest BCUT2D eigenvalue weighted by molar-refractivity contribution is 5.89. The van der Waals surface area contributed by atoms with Gasteiger partial charge in [0, 0.05) is 50.5 Å². The number of amides is 2. The fourth-order valence-corrected chi connectivity index (χ4v) is 2.92. The number of hydrogen-bond acceptors (Lipinski definition) is 5. The maximum Gasteiger partial charge on any atom is 0.321 e. The average Bonchev–Trinajstić information content (AvgIpc) is 2.62. The molecule has 2 amide bonds. The lowest BCUT2D eigenvalue weighted by Gasteiger charge is -2.34. The number of carbonyl (C=O) groups is 1. The molecular weight excluding hydrogens is 336 g/mol. The molecule has 0 radical (unpaired) electrons. The van der Waals surface area contributed by atoms with Crippen molar-refractivity contribution in [3.8, 4) is 5.75 Å². The van der Waals surface area contributed by atoms with E-state index in [-0.39, 0.29) is 17.5 Å². The Morgan fingerprint density at radius 3 is 2.54 bits per heavy atom. The zero-order valence-electron chi connectivity index (χ0n) is 14.2. The number of nitro benzene ring substituents is 1. The van der Waals surface area contributed by atoms with Gasteiger partial charge in [-0.3, -0.25) is 15.0 Å². The lowest BCUT2D eigenvalue weighted by atomic mass is 10.2. The molecule has 8 nitrogen and oxygen atoms in total. The van der Waals surface area contributed by atoms with Crippen LogP contribution in [0.2, 0.25) is 0 Å². The average molecular weight is 356 g/mol. The number of non-ortho nitro benzene ring substituents is 1.